The molecular weight excluding hydrogens is 438 g/mol. The summed E-state index contributed by atoms with van der Waals surface area (Å²) in [5.74, 6) is -0.0634. The van der Waals surface area contributed by atoms with Crippen molar-refractivity contribution in [2.45, 2.75) is 13.0 Å². The zero-order valence-electron chi connectivity index (χ0n) is 19.8. The van der Waals surface area contributed by atoms with Crippen molar-refractivity contribution in [2.75, 3.05) is 27.2 Å². The van der Waals surface area contributed by atoms with E-state index in [-0.39, 0.29) is 5.91 Å². The number of aromatic nitrogens is 5. The minimum absolute atomic E-state index is 0.0634. The van der Waals surface area contributed by atoms with Crippen molar-refractivity contribution in [3.8, 4) is 11.3 Å². The molecule has 35 heavy (non-hydrogen) atoms. The lowest BCUT2D eigenvalue weighted by molar-refractivity contribution is 0.0952. The number of pyridine rings is 2. The predicted molar refractivity (Wildman–Crippen MR) is 137 cm³/mol. The minimum Gasteiger partial charge on any atom is -0.352 e. The maximum Gasteiger partial charge on any atom is 0.251 e. The van der Waals surface area contributed by atoms with Crippen LogP contribution in [0.5, 0.6) is 0 Å². The molecule has 1 N–H and O–H groups in total. The van der Waals surface area contributed by atoms with E-state index in [1.54, 1.807) is 6.20 Å². The molecule has 0 saturated carbocycles. The van der Waals surface area contributed by atoms with Gasteiger partial charge in [-0.15, -0.1) is 5.10 Å². The van der Waals surface area contributed by atoms with Crippen LogP contribution in [-0.4, -0.2) is 63.0 Å². The third-order valence-electron chi connectivity index (χ3n) is 5.87. The first-order valence-corrected chi connectivity index (χ1v) is 11.6. The molecule has 0 unspecified atom stereocenters. The van der Waals surface area contributed by atoms with Gasteiger partial charge in [-0.1, -0.05) is 29.5 Å². The number of nitrogens with one attached hydrogen (secondary N) is 1. The molecule has 0 aliphatic heterocycles. The summed E-state index contributed by atoms with van der Waals surface area (Å²) in [4.78, 5) is 23.7. The lowest BCUT2D eigenvalue weighted by Crippen LogP contribution is -2.27. The maximum absolute atomic E-state index is 12.4. The van der Waals surface area contributed by atoms with Crippen LogP contribution in [0.4, 0.5) is 0 Å². The Morgan fingerprint density at radius 1 is 1.00 bits per heavy atom. The van der Waals surface area contributed by atoms with E-state index >= 15 is 0 Å². The first-order chi connectivity index (χ1) is 17.1. The lowest BCUT2D eigenvalue weighted by atomic mass is 10.1. The molecule has 0 bridgehead atoms. The van der Waals surface area contributed by atoms with Crippen LogP contribution in [-0.2, 0) is 6.54 Å². The van der Waals surface area contributed by atoms with Crippen LogP contribution in [0.1, 0.15) is 22.3 Å². The summed E-state index contributed by atoms with van der Waals surface area (Å²) in [6.45, 7) is 2.16. The molecule has 3 aromatic heterocycles. The van der Waals surface area contributed by atoms with Gasteiger partial charge in [0.25, 0.3) is 5.91 Å². The molecule has 1 amide bonds. The molecule has 0 spiro atoms. The van der Waals surface area contributed by atoms with Crippen LogP contribution in [0.2, 0.25) is 0 Å². The number of nitrogens with zero attached hydrogens (tertiary/aromatic N) is 6. The Balaban J connectivity index is 1.33. The number of hydrogen-bond acceptors (Lipinski definition) is 6. The Hall–Kier alpha value is -4.17. The number of carbonyl (C=O) groups is 1. The molecule has 3 heterocycles. The topological polar surface area (TPSA) is 88.8 Å². The SMILES string of the molecule is CN(C)CCCNC(=O)c1ccc(-c2ccc3nnn(Cc4ccc5ncccc5c4)c3n2)cc1. The van der Waals surface area contributed by atoms with E-state index in [4.69, 9.17) is 4.98 Å². The van der Waals surface area contributed by atoms with Gasteiger partial charge in [0.05, 0.1) is 17.8 Å². The number of benzene rings is 2. The summed E-state index contributed by atoms with van der Waals surface area (Å²) >= 11 is 0. The average molecular weight is 466 g/mol. The molecule has 2 aromatic carbocycles. The largest absolute Gasteiger partial charge is 0.352 e. The molecule has 5 aromatic rings. The van der Waals surface area contributed by atoms with E-state index in [0.29, 0.717) is 18.7 Å². The van der Waals surface area contributed by atoms with Gasteiger partial charge >= 0.3 is 0 Å². The van der Waals surface area contributed by atoms with Gasteiger partial charge < -0.3 is 10.2 Å². The second-order valence-electron chi connectivity index (χ2n) is 8.81. The first-order valence-electron chi connectivity index (χ1n) is 11.6. The predicted octanol–water partition coefficient (Wildman–Crippen LogP) is 3.77. The fourth-order valence-corrected chi connectivity index (χ4v) is 4.01. The van der Waals surface area contributed by atoms with Crippen LogP contribution < -0.4 is 5.32 Å². The van der Waals surface area contributed by atoms with E-state index in [1.807, 2.05) is 67.3 Å². The number of rotatable bonds is 8. The fraction of sp³-hybridized carbons (Fsp3) is 0.222. The molecule has 0 saturated heterocycles. The summed E-state index contributed by atoms with van der Waals surface area (Å²) in [6.07, 6.45) is 2.71. The van der Waals surface area contributed by atoms with Gasteiger partial charge in [0.2, 0.25) is 0 Å². The third-order valence-corrected chi connectivity index (χ3v) is 5.87. The summed E-state index contributed by atoms with van der Waals surface area (Å²) in [5, 5.41) is 12.7. The molecule has 0 radical (unpaired) electrons. The van der Waals surface area contributed by atoms with Crippen molar-refractivity contribution >= 4 is 28.0 Å². The highest BCUT2D eigenvalue weighted by atomic mass is 16.1. The monoisotopic (exact) mass is 465 g/mol. The molecule has 5 rings (SSSR count). The Kier molecular flexibility index (Phi) is 6.45. The van der Waals surface area contributed by atoms with Crippen LogP contribution in [0, 0.1) is 0 Å². The van der Waals surface area contributed by atoms with Gasteiger partial charge in [-0.2, -0.15) is 0 Å². The Labute approximate surface area is 203 Å². The molecule has 8 heteroatoms. The van der Waals surface area contributed by atoms with Crippen molar-refractivity contribution in [1.82, 2.24) is 35.2 Å². The molecule has 176 valence electrons. The molecule has 0 aliphatic rings. The van der Waals surface area contributed by atoms with Crippen LogP contribution >= 0.6 is 0 Å². The molecule has 8 nitrogen and oxygen atoms in total. The van der Waals surface area contributed by atoms with E-state index in [2.05, 4.69) is 43.7 Å². The van der Waals surface area contributed by atoms with Gasteiger partial charge in [0.1, 0.15) is 5.52 Å². The van der Waals surface area contributed by atoms with Gasteiger partial charge in [0.15, 0.2) is 5.65 Å². The normalized spacial score (nSPS) is 11.4. The van der Waals surface area contributed by atoms with E-state index in [9.17, 15) is 4.79 Å². The number of carbonyl (C=O) groups excluding carboxylic acids is 1. The van der Waals surface area contributed by atoms with Crippen molar-refractivity contribution < 1.29 is 4.79 Å². The van der Waals surface area contributed by atoms with Crippen molar-refractivity contribution in [3.63, 3.8) is 0 Å². The quantitative estimate of drug-likeness (QED) is 0.351. The Morgan fingerprint density at radius 2 is 1.83 bits per heavy atom. The Morgan fingerprint density at radius 3 is 2.66 bits per heavy atom. The second kappa shape index (κ2) is 9.99. The number of amides is 1. The first kappa shape index (κ1) is 22.6. The average Bonchev–Trinajstić information content (AvgIpc) is 3.28. The lowest BCUT2D eigenvalue weighted by Gasteiger charge is -2.10. The van der Waals surface area contributed by atoms with Crippen LogP contribution in [0.15, 0.2) is 72.9 Å². The minimum atomic E-state index is -0.0634. The van der Waals surface area contributed by atoms with E-state index in [0.717, 1.165) is 51.9 Å². The highest BCUT2D eigenvalue weighted by Crippen LogP contribution is 2.22. The maximum atomic E-state index is 12.4. The number of hydrogen-bond donors (Lipinski definition) is 1. The van der Waals surface area contributed by atoms with Crippen LogP contribution in [0.3, 0.4) is 0 Å². The van der Waals surface area contributed by atoms with Crippen LogP contribution in [0.25, 0.3) is 33.3 Å². The highest BCUT2D eigenvalue weighted by Gasteiger charge is 2.11. The van der Waals surface area contributed by atoms with Crippen molar-refractivity contribution in [1.29, 1.82) is 0 Å². The standard InChI is InChI=1S/C27H27N7O/c1-33(2)16-4-15-29-27(35)21-9-7-20(8-10-21)24-12-13-25-26(30-24)34(32-31-25)18-19-6-11-23-22(17-19)5-3-14-28-23/h3,5-14,17H,4,15-16,18H2,1-2H3,(H,29,35). The summed E-state index contributed by atoms with van der Waals surface area (Å²) in [7, 11) is 4.05. The van der Waals surface area contributed by atoms with Gasteiger partial charge in [0, 0.05) is 29.3 Å². The van der Waals surface area contributed by atoms with E-state index < -0.39 is 0 Å². The van der Waals surface area contributed by atoms with Gasteiger partial charge in [-0.3, -0.25) is 9.78 Å². The van der Waals surface area contributed by atoms with E-state index in [1.165, 1.54) is 0 Å². The Bertz CT molecular complexity index is 1470. The second-order valence-corrected chi connectivity index (χ2v) is 8.81. The van der Waals surface area contributed by atoms with Crippen molar-refractivity contribution in [2.24, 2.45) is 0 Å². The zero-order valence-corrected chi connectivity index (χ0v) is 19.8. The summed E-state index contributed by atoms with van der Waals surface area (Å²) in [6, 6.07) is 21.5. The smallest absolute Gasteiger partial charge is 0.251 e. The molecule has 0 atom stereocenters. The summed E-state index contributed by atoms with van der Waals surface area (Å²) < 4.78 is 1.81. The van der Waals surface area contributed by atoms with Gasteiger partial charge in [-0.25, -0.2) is 9.67 Å². The third kappa shape index (κ3) is 5.17. The number of fused-ring (bicyclic) bond motifs is 2. The van der Waals surface area contributed by atoms with Gasteiger partial charge in [-0.05, 0) is 75.1 Å². The van der Waals surface area contributed by atoms with Crippen molar-refractivity contribution in [3.05, 3.63) is 84.1 Å². The zero-order chi connectivity index (χ0) is 24.2. The summed E-state index contributed by atoms with van der Waals surface area (Å²) in [5.41, 5.74) is 5.90. The molecule has 0 aliphatic carbocycles. The molecule has 0 fully saturated rings. The molecular formula is C27H27N7O. The fourth-order valence-electron chi connectivity index (χ4n) is 4.01. The highest BCUT2D eigenvalue weighted by molar-refractivity contribution is 5.94.